The molecule has 0 aliphatic heterocycles. The lowest BCUT2D eigenvalue weighted by molar-refractivity contribution is 0.392. The molecule has 3 heteroatoms. The maximum atomic E-state index is 5.15. The molecular formula is C13H24N2O. The Hall–Kier alpha value is -0.830. The van der Waals surface area contributed by atoms with Gasteiger partial charge < -0.3 is 9.84 Å². The SMILES string of the molecule is CCC(CC)NCCCc1c(C)noc1C. The predicted octanol–water partition coefficient (Wildman–Crippen LogP) is 3.00. The first-order valence-electron chi connectivity index (χ1n) is 6.34. The van der Waals surface area contributed by atoms with E-state index in [9.17, 15) is 0 Å². The lowest BCUT2D eigenvalue weighted by Crippen LogP contribution is -2.28. The van der Waals surface area contributed by atoms with E-state index in [0.717, 1.165) is 30.8 Å². The summed E-state index contributed by atoms with van der Waals surface area (Å²) < 4.78 is 5.15. The standard InChI is InChI=1S/C13H24N2O/c1-5-12(6-2)14-9-7-8-13-10(3)15-16-11(13)4/h12,14H,5-9H2,1-4H3. The highest BCUT2D eigenvalue weighted by Gasteiger charge is 2.08. The molecule has 0 radical (unpaired) electrons. The highest BCUT2D eigenvalue weighted by atomic mass is 16.5. The molecule has 0 spiro atoms. The van der Waals surface area contributed by atoms with Crippen LogP contribution in [0.25, 0.3) is 0 Å². The number of nitrogens with zero attached hydrogens (tertiary/aromatic N) is 1. The summed E-state index contributed by atoms with van der Waals surface area (Å²) in [5.41, 5.74) is 2.33. The molecule has 0 bridgehead atoms. The van der Waals surface area contributed by atoms with Gasteiger partial charge in [0, 0.05) is 11.6 Å². The monoisotopic (exact) mass is 224 g/mol. The van der Waals surface area contributed by atoms with Crippen LogP contribution in [0, 0.1) is 13.8 Å². The van der Waals surface area contributed by atoms with Gasteiger partial charge in [-0.15, -0.1) is 0 Å². The Labute approximate surface area is 98.6 Å². The van der Waals surface area contributed by atoms with E-state index in [1.165, 1.54) is 18.4 Å². The van der Waals surface area contributed by atoms with Crippen LogP contribution in [0.4, 0.5) is 0 Å². The Balaban J connectivity index is 2.26. The molecule has 92 valence electrons. The Bertz CT molecular complexity index is 283. The zero-order valence-corrected chi connectivity index (χ0v) is 11.0. The largest absolute Gasteiger partial charge is 0.361 e. The van der Waals surface area contributed by atoms with Gasteiger partial charge in [0.25, 0.3) is 0 Å². The zero-order valence-electron chi connectivity index (χ0n) is 11.0. The van der Waals surface area contributed by atoms with Crippen molar-refractivity contribution in [2.45, 2.75) is 59.4 Å². The molecule has 1 N–H and O–H groups in total. The topological polar surface area (TPSA) is 38.1 Å². The van der Waals surface area contributed by atoms with Crippen LogP contribution >= 0.6 is 0 Å². The average Bonchev–Trinajstić information content (AvgIpc) is 2.60. The van der Waals surface area contributed by atoms with Crippen LogP contribution in [0.3, 0.4) is 0 Å². The van der Waals surface area contributed by atoms with Crippen LogP contribution < -0.4 is 5.32 Å². The van der Waals surface area contributed by atoms with Crippen LogP contribution in [0.15, 0.2) is 4.52 Å². The summed E-state index contributed by atoms with van der Waals surface area (Å²) in [5, 5.41) is 7.54. The Morgan fingerprint density at radius 2 is 1.94 bits per heavy atom. The highest BCUT2D eigenvalue weighted by Crippen LogP contribution is 2.13. The lowest BCUT2D eigenvalue weighted by atomic mass is 10.1. The lowest BCUT2D eigenvalue weighted by Gasteiger charge is -2.14. The van der Waals surface area contributed by atoms with E-state index in [0.29, 0.717) is 6.04 Å². The van der Waals surface area contributed by atoms with Crippen molar-refractivity contribution in [3.8, 4) is 0 Å². The summed E-state index contributed by atoms with van der Waals surface area (Å²) in [7, 11) is 0. The molecule has 0 saturated carbocycles. The summed E-state index contributed by atoms with van der Waals surface area (Å²) in [5.74, 6) is 0.972. The third-order valence-electron chi connectivity index (χ3n) is 3.20. The summed E-state index contributed by atoms with van der Waals surface area (Å²) in [6.45, 7) is 9.55. The van der Waals surface area contributed by atoms with E-state index >= 15 is 0 Å². The Morgan fingerprint density at radius 1 is 1.25 bits per heavy atom. The molecule has 0 aliphatic carbocycles. The maximum absolute atomic E-state index is 5.15. The van der Waals surface area contributed by atoms with Crippen molar-refractivity contribution in [1.82, 2.24) is 10.5 Å². The summed E-state index contributed by atoms with van der Waals surface area (Å²) in [4.78, 5) is 0. The summed E-state index contributed by atoms with van der Waals surface area (Å²) in [6, 6.07) is 0.671. The quantitative estimate of drug-likeness (QED) is 0.723. The van der Waals surface area contributed by atoms with Crippen LogP contribution in [-0.4, -0.2) is 17.7 Å². The molecule has 1 rings (SSSR count). The minimum Gasteiger partial charge on any atom is -0.361 e. The smallest absolute Gasteiger partial charge is 0.137 e. The number of hydrogen-bond donors (Lipinski definition) is 1. The molecule has 0 aromatic carbocycles. The molecule has 0 amide bonds. The van der Waals surface area contributed by atoms with E-state index in [-0.39, 0.29) is 0 Å². The zero-order chi connectivity index (χ0) is 12.0. The molecule has 0 saturated heterocycles. The van der Waals surface area contributed by atoms with Crippen molar-refractivity contribution in [3.63, 3.8) is 0 Å². The molecule has 1 aromatic rings. The number of nitrogens with one attached hydrogen (secondary N) is 1. The molecule has 1 heterocycles. The first-order chi connectivity index (χ1) is 7.69. The second-order valence-corrected chi connectivity index (χ2v) is 4.37. The van der Waals surface area contributed by atoms with Crippen molar-refractivity contribution in [3.05, 3.63) is 17.0 Å². The van der Waals surface area contributed by atoms with Crippen LogP contribution in [-0.2, 0) is 6.42 Å². The third-order valence-corrected chi connectivity index (χ3v) is 3.20. The van der Waals surface area contributed by atoms with E-state index in [4.69, 9.17) is 4.52 Å². The van der Waals surface area contributed by atoms with E-state index < -0.39 is 0 Å². The van der Waals surface area contributed by atoms with Gasteiger partial charge >= 0.3 is 0 Å². The van der Waals surface area contributed by atoms with Gasteiger partial charge in [-0.25, -0.2) is 0 Å². The highest BCUT2D eigenvalue weighted by molar-refractivity contribution is 5.20. The molecule has 0 unspecified atom stereocenters. The van der Waals surface area contributed by atoms with Crippen molar-refractivity contribution in [2.75, 3.05) is 6.54 Å². The van der Waals surface area contributed by atoms with E-state index in [1.54, 1.807) is 0 Å². The van der Waals surface area contributed by atoms with Gasteiger partial charge in [-0.05, 0) is 46.1 Å². The second kappa shape index (κ2) is 6.69. The van der Waals surface area contributed by atoms with Gasteiger partial charge in [-0.2, -0.15) is 0 Å². The normalized spacial score (nSPS) is 11.3. The van der Waals surface area contributed by atoms with Crippen LogP contribution in [0.2, 0.25) is 0 Å². The fraction of sp³-hybridized carbons (Fsp3) is 0.769. The van der Waals surface area contributed by atoms with Gasteiger partial charge in [0.1, 0.15) is 5.76 Å². The van der Waals surface area contributed by atoms with Crippen LogP contribution in [0.1, 0.15) is 50.1 Å². The van der Waals surface area contributed by atoms with Gasteiger partial charge in [-0.3, -0.25) is 0 Å². The molecular weight excluding hydrogens is 200 g/mol. The number of aromatic nitrogens is 1. The third kappa shape index (κ3) is 3.63. The van der Waals surface area contributed by atoms with Gasteiger partial charge in [0.2, 0.25) is 0 Å². The second-order valence-electron chi connectivity index (χ2n) is 4.37. The van der Waals surface area contributed by atoms with Gasteiger partial charge in [0.05, 0.1) is 5.69 Å². The van der Waals surface area contributed by atoms with Gasteiger partial charge in [-0.1, -0.05) is 19.0 Å². The molecule has 16 heavy (non-hydrogen) atoms. The van der Waals surface area contributed by atoms with E-state index in [1.807, 2.05) is 13.8 Å². The maximum Gasteiger partial charge on any atom is 0.137 e. The molecule has 0 fully saturated rings. The van der Waals surface area contributed by atoms with Crippen molar-refractivity contribution in [2.24, 2.45) is 0 Å². The average molecular weight is 224 g/mol. The summed E-state index contributed by atoms with van der Waals surface area (Å²) >= 11 is 0. The first-order valence-corrected chi connectivity index (χ1v) is 6.34. The van der Waals surface area contributed by atoms with Crippen molar-refractivity contribution < 1.29 is 4.52 Å². The minimum absolute atomic E-state index is 0.671. The number of rotatable bonds is 7. The minimum atomic E-state index is 0.671. The first kappa shape index (κ1) is 13.2. The van der Waals surface area contributed by atoms with E-state index in [2.05, 4.69) is 24.3 Å². The number of aryl methyl sites for hydroxylation is 2. The predicted molar refractivity (Wildman–Crippen MR) is 66.7 cm³/mol. The van der Waals surface area contributed by atoms with Gasteiger partial charge in [0.15, 0.2) is 0 Å². The fourth-order valence-corrected chi connectivity index (χ4v) is 2.01. The summed E-state index contributed by atoms with van der Waals surface area (Å²) in [6.07, 6.45) is 4.64. The van der Waals surface area contributed by atoms with Crippen LogP contribution in [0.5, 0.6) is 0 Å². The van der Waals surface area contributed by atoms with Crippen molar-refractivity contribution >= 4 is 0 Å². The molecule has 1 aromatic heterocycles. The number of hydrogen-bond acceptors (Lipinski definition) is 3. The Kier molecular flexibility index (Phi) is 5.53. The fourth-order valence-electron chi connectivity index (χ4n) is 2.01. The Morgan fingerprint density at radius 3 is 2.44 bits per heavy atom. The molecule has 0 aliphatic rings. The molecule has 3 nitrogen and oxygen atoms in total. The molecule has 0 atom stereocenters. The van der Waals surface area contributed by atoms with Crippen molar-refractivity contribution in [1.29, 1.82) is 0 Å².